The van der Waals surface area contributed by atoms with Gasteiger partial charge in [0, 0.05) is 24.8 Å². The van der Waals surface area contributed by atoms with E-state index in [1.54, 1.807) is 7.11 Å². The van der Waals surface area contributed by atoms with Gasteiger partial charge in [-0.05, 0) is 17.7 Å². The minimum atomic E-state index is 0.435. The van der Waals surface area contributed by atoms with Gasteiger partial charge in [0.15, 0.2) is 0 Å². The first kappa shape index (κ1) is 13.2. The minimum Gasteiger partial charge on any atom is -0.497 e. The maximum absolute atomic E-state index is 5.21. The monoisotopic (exact) mass is 268 g/mol. The van der Waals surface area contributed by atoms with Gasteiger partial charge >= 0.3 is 0 Å². The van der Waals surface area contributed by atoms with Crippen molar-refractivity contribution in [3.63, 3.8) is 0 Å². The standard InChI is InChI=1S/C18H21NO/c1-20-17-9-7-15(8-10-17)13-18(11-12-18)19-14-16-5-3-2-4-6-16/h2-10,19H,11-14H2,1H3/p+1. The van der Waals surface area contributed by atoms with Crippen molar-refractivity contribution in [2.75, 3.05) is 7.11 Å². The van der Waals surface area contributed by atoms with E-state index in [1.807, 2.05) is 0 Å². The summed E-state index contributed by atoms with van der Waals surface area (Å²) in [5, 5.41) is 2.52. The Morgan fingerprint density at radius 2 is 1.65 bits per heavy atom. The van der Waals surface area contributed by atoms with Crippen molar-refractivity contribution in [3.8, 4) is 5.75 Å². The van der Waals surface area contributed by atoms with E-state index in [2.05, 4.69) is 59.9 Å². The lowest BCUT2D eigenvalue weighted by molar-refractivity contribution is -0.718. The highest BCUT2D eigenvalue weighted by Crippen LogP contribution is 2.34. The second kappa shape index (κ2) is 5.68. The quantitative estimate of drug-likeness (QED) is 0.856. The van der Waals surface area contributed by atoms with Crippen LogP contribution in [0.2, 0.25) is 0 Å². The van der Waals surface area contributed by atoms with E-state index in [-0.39, 0.29) is 0 Å². The Balaban J connectivity index is 1.58. The molecule has 0 aromatic heterocycles. The van der Waals surface area contributed by atoms with Gasteiger partial charge in [0.05, 0.1) is 7.11 Å². The Kier molecular flexibility index (Phi) is 3.75. The van der Waals surface area contributed by atoms with Crippen molar-refractivity contribution < 1.29 is 10.1 Å². The van der Waals surface area contributed by atoms with Crippen LogP contribution in [0.3, 0.4) is 0 Å². The second-order valence-electron chi connectivity index (χ2n) is 5.78. The van der Waals surface area contributed by atoms with Crippen molar-refractivity contribution in [3.05, 3.63) is 65.7 Å². The van der Waals surface area contributed by atoms with Crippen molar-refractivity contribution in [1.29, 1.82) is 0 Å². The third-order valence-corrected chi connectivity index (χ3v) is 4.22. The van der Waals surface area contributed by atoms with Crippen LogP contribution in [-0.4, -0.2) is 12.6 Å². The van der Waals surface area contributed by atoms with Crippen LogP contribution >= 0.6 is 0 Å². The lowest BCUT2D eigenvalue weighted by atomic mass is 10.0. The van der Waals surface area contributed by atoms with Gasteiger partial charge in [-0.1, -0.05) is 42.5 Å². The number of hydrogen-bond donors (Lipinski definition) is 1. The van der Waals surface area contributed by atoms with Gasteiger partial charge in [-0.15, -0.1) is 0 Å². The van der Waals surface area contributed by atoms with Gasteiger partial charge in [0.25, 0.3) is 0 Å². The Labute approximate surface area is 120 Å². The van der Waals surface area contributed by atoms with Crippen molar-refractivity contribution in [2.24, 2.45) is 0 Å². The molecule has 0 aliphatic heterocycles. The minimum absolute atomic E-state index is 0.435. The van der Waals surface area contributed by atoms with Crippen molar-refractivity contribution in [2.45, 2.75) is 31.3 Å². The van der Waals surface area contributed by atoms with Crippen LogP contribution < -0.4 is 10.1 Å². The summed E-state index contributed by atoms with van der Waals surface area (Å²) in [5.41, 5.74) is 3.26. The molecule has 2 nitrogen and oxygen atoms in total. The molecule has 2 aromatic rings. The average molecular weight is 268 g/mol. The van der Waals surface area contributed by atoms with E-state index < -0.39 is 0 Å². The lowest BCUT2D eigenvalue weighted by Gasteiger charge is -2.14. The molecule has 1 fully saturated rings. The summed E-state index contributed by atoms with van der Waals surface area (Å²) in [6.45, 7) is 1.08. The van der Waals surface area contributed by atoms with E-state index in [0.29, 0.717) is 5.54 Å². The molecule has 0 atom stereocenters. The number of methoxy groups -OCH3 is 1. The van der Waals surface area contributed by atoms with Gasteiger partial charge in [0.1, 0.15) is 17.8 Å². The van der Waals surface area contributed by atoms with Gasteiger partial charge in [-0.25, -0.2) is 0 Å². The van der Waals surface area contributed by atoms with E-state index in [9.17, 15) is 0 Å². The molecular formula is C18H22NO+. The van der Waals surface area contributed by atoms with E-state index in [1.165, 1.54) is 24.0 Å². The highest BCUT2D eigenvalue weighted by molar-refractivity contribution is 5.28. The number of rotatable bonds is 6. The second-order valence-corrected chi connectivity index (χ2v) is 5.78. The van der Waals surface area contributed by atoms with Gasteiger partial charge < -0.3 is 10.1 Å². The lowest BCUT2D eigenvalue weighted by Crippen LogP contribution is -2.91. The Morgan fingerprint density at radius 3 is 2.25 bits per heavy atom. The largest absolute Gasteiger partial charge is 0.497 e. The molecule has 0 bridgehead atoms. The molecule has 0 heterocycles. The summed E-state index contributed by atoms with van der Waals surface area (Å²) in [7, 11) is 1.71. The van der Waals surface area contributed by atoms with Gasteiger partial charge in [0.2, 0.25) is 0 Å². The summed E-state index contributed by atoms with van der Waals surface area (Å²) < 4.78 is 5.21. The number of benzene rings is 2. The fourth-order valence-corrected chi connectivity index (χ4v) is 2.71. The summed E-state index contributed by atoms with van der Waals surface area (Å²) in [5.74, 6) is 0.937. The molecule has 0 radical (unpaired) electrons. The molecule has 1 saturated carbocycles. The van der Waals surface area contributed by atoms with Crippen LogP contribution in [0.15, 0.2) is 54.6 Å². The van der Waals surface area contributed by atoms with Crippen LogP contribution in [0, 0.1) is 0 Å². The molecule has 0 spiro atoms. The van der Waals surface area contributed by atoms with Crippen LogP contribution in [0.25, 0.3) is 0 Å². The molecule has 2 heteroatoms. The number of nitrogens with two attached hydrogens (primary N) is 1. The van der Waals surface area contributed by atoms with Gasteiger partial charge in [-0.2, -0.15) is 0 Å². The third kappa shape index (κ3) is 3.20. The zero-order valence-corrected chi connectivity index (χ0v) is 12.0. The third-order valence-electron chi connectivity index (χ3n) is 4.22. The molecule has 2 N–H and O–H groups in total. The SMILES string of the molecule is COc1ccc(CC2([NH2+]Cc3ccccc3)CC2)cc1. The summed E-state index contributed by atoms with van der Waals surface area (Å²) in [6.07, 6.45) is 3.81. The van der Waals surface area contributed by atoms with E-state index in [0.717, 1.165) is 18.7 Å². The Bertz CT molecular complexity index is 543. The highest BCUT2D eigenvalue weighted by atomic mass is 16.5. The molecule has 1 aliphatic carbocycles. The maximum Gasteiger partial charge on any atom is 0.118 e. The molecule has 0 unspecified atom stereocenters. The normalized spacial score (nSPS) is 15.8. The van der Waals surface area contributed by atoms with Crippen LogP contribution in [0.5, 0.6) is 5.75 Å². The highest BCUT2D eigenvalue weighted by Gasteiger charge is 2.46. The number of ether oxygens (including phenoxy) is 1. The van der Waals surface area contributed by atoms with Crippen molar-refractivity contribution in [1.82, 2.24) is 0 Å². The maximum atomic E-state index is 5.21. The van der Waals surface area contributed by atoms with E-state index in [4.69, 9.17) is 4.74 Å². The number of quaternary nitrogens is 1. The first-order valence-electron chi connectivity index (χ1n) is 7.31. The molecule has 1 aliphatic rings. The zero-order chi connectivity index (χ0) is 13.8. The molecule has 20 heavy (non-hydrogen) atoms. The zero-order valence-electron chi connectivity index (χ0n) is 12.0. The summed E-state index contributed by atoms with van der Waals surface area (Å²) in [4.78, 5) is 0. The number of hydrogen-bond acceptors (Lipinski definition) is 1. The average Bonchev–Trinajstić information content (AvgIpc) is 3.27. The first-order chi connectivity index (χ1) is 9.80. The van der Waals surface area contributed by atoms with Gasteiger partial charge in [-0.3, -0.25) is 0 Å². The Hall–Kier alpha value is -1.80. The fourth-order valence-electron chi connectivity index (χ4n) is 2.71. The van der Waals surface area contributed by atoms with Crippen LogP contribution in [-0.2, 0) is 13.0 Å². The predicted octanol–water partition coefficient (Wildman–Crippen LogP) is 2.53. The molecular weight excluding hydrogens is 246 g/mol. The van der Waals surface area contributed by atoms with Crippen LogP contribution in [0.4, 0.5) is 0 Å². The fraction of sp³-hybridized carbons (Fsp3) is 0.333. The molecule has 104 valence electrons. The smallest absolute Gasteiger partial charge is 0.118 e. The van der Waals surface area contributed by atoms with E-state index >= 15 is 0 Å². The summed E-state index contributed by atoms with van der Waals surface area (Å²) in [6, 6.07) is 19.2. The molecule has 0 saturated heterocycles. The Morgan fingerprint density at radius 1 is 0.950 bits per heavy atom. The first-order valence-corrected chi connectivity index (χ1v) is 7.31. The topological polar surface area (TPSA) is 25.8 Å². The van der Waals surface area contributed by atoms with Crippen LogP contribution in [0.1, 0.15) is 24.0 Å². The van der Waals surface area contributed by atoms with Crippen molar-refractivity contribution >= 4 is 0 Å². The summed E-state index contributed by atoms with van der Waals surface area (Å²) >= 11 is 0. The predicted molar refractivity (Wildman–Crippen MR) is 80.7 cm³/mol. The molecule has 3 rings (SSSR count). The molecule has 2 aromatic carbocycles. The molecule has 0 amide bonds.